The Morgan fingerprint density at radius 2 is 1.81 bits per heavy atom. The smallest absolute Gasteiger partial charge is 0.0719 e. The van der Waals surface area contributed by atoms with Crippen molar-refractivity contribution in [3.05, 3.63) is 69.2 Å². The van der Waals surface area contributed by atoms with E-state index in [0.29, 0.717) is 6.61 Å². The Labute approximate surface area is 135 Å². The van der Waals surface area contributed by atoms with Gasteiger partial charge in [-0.3, -0.25) is 0 Å². The van der Waals surface area contributed by atoms with Gasteiger partial charge in [0.1, 0.15) is 0 Å². The van der Waals surface area contributed by atoms with Crippen LogP contribution in [0.5, 0.6) is 0 Å². The standard InChI is InChI=1S/C18H22BrNO/c1-3-21-13-17-7-5-4-6-16(17)12-20-11-15-8-9-18(19)14(2)10-15/h4-10,20H,3,11-13H2,1-2H3. The molecule has 2 aromatic rings. The Bertz CT molecular complexity index is 583. The Morgan fingerprint density at radius 1 is 1.05 bits per heavy atom. The van der Waals surface area contributed by atoms with E-state index in [4.69, 9.17) is 4.74 Å². The van der Waals surface area contributed by atoms with E-state index in [-0.39, 0.29) is 0 Å². The van der Waals surface area contributed by atoms with Gasteiger partial charge in [-0.1, -0.05) is 52.3 Å². The molecule has 0 heterocycles. The van der Waals surface area contributed by atoms with Gasteiger partial charge in [0.25, 0.3) is 0 Å². The Kier molecular flexibility index (Phi) is 6.43. The van der Waals surface area contributed by atoms with E-state index in [0.717, 1.165) is 24.2 Å². The largest absolute Gasteiger partial charge is 0.377 e. The summed E-state index contributed by atoms with van der Waals surface area (Å²) in [6.45, 7) is 7.31. The molecule has 21 heavy (non-hydrogen) atoms. The first-order valence-corrected chi connectivity index (χ1v) is 8.10. The van der Waals surface area contributed by atoms with Crippen LogP contribution >= 0.6 is 15.9 Å². The fourth-order valence-electron chi connectivity index (χ4n) is 2.24. The molecule has 0 amide bonds. The Hall–Kier alpha value is -1.16. The molecular weight excluding hydrogens is 326 g/mol. The van der Waals surface area contributed by atoms with Crippen LogP contribution in [0.1, 0.15) is 29.2 Å². The van der Waals surface area contributed by atoms with Crippen molar-refractivity contribution in [1.82, 2.24) is 5.32 Å². The molecule has 3 heteroatoms. The van der Waals surface area contributed by atoms with Crippen LogP contribution in [0, 0.1) is 6.92 Å². The fourth-order valence-corrected chi connectivity index (χ4v) is 2.49. The highest BCUT2D eigenvalue weighted by atomic mass is 79.9. The number of ether oxygens (including phenoxy) is 1. The molecule has 1 N–H and O–H groups in total. The van der Waals surface area contributed by atoms with Crippen LogP contribution in [0.15, 0.2) is 46.9 Å². The summed E-state index contributed by atoms with van der Waals surface area (Å²) in [4.78, 5) is 0. The maximum absolute atomic E-state index is 5.52. The van der Waals surface area contributed by atoms with Crippen LogP contribution in [0.3, 0.4) is 0 Å². The molecule has 0 radical (unpaired) electrons. The summed E-state index contributed by atoms with van der Waals surface area (Å²) in [7, 11) is 0. The van der Waals surface area contributed by atoms with Gasteiger partial charge in [0, 0.05) is 24.2 Å². The lowest BCUT2D eigenvalue weighted by Crippen LogP contribution is -2.14. The lowest BCUT2D eigenvalue weighted by atomic mass is 10.1. The maximum atomic E-state index is 5.52. The molecule has 0 spiro atoms. The van der Waals surface area contributed by atoms with E-state index in [1.807, 2.05) is 6.92 Å². The van der Waals surface area contributed by atoms with Crippen LogP contribution in [-0.2, 0) is 24.4 Å². The van der Waals surface area contributed by atoms with Crippen LogP contribution < -0.4 is 5.32 Å². The summed E-state index contributed by atoms with van der Waals surface area (Å²) >= 11 is 3.53. The van der Waals surface area contributed by atoms with E-state index >= 15 is 0 Å². The lowest BCUT2D eigenvalue weighted by molar-refractivity contribution is 0.133. The topological polar surface area (TPSA) is 21.3 Å². The first-order valence-electron chi connectivity index (χ1n) is 7.31. The zero-order chi connectivity index (χ0) is 15.1. The van der Waals surface area contributed by atoms with E-state index in [1.54, 1.807) is 0 Å². The highest BCUT2D eigenvalue weighted by Crippen LogP contribution is 2.17. The van der Waals surface area contributed by atoms with Gasteiger partial charge in [-0.25, -0.2) is 0 Å². The lowest BCUT2D eigenvalue weighted by Gasteiger charge is -2.11. The van der Waals surface area contributed by atoms with Crippen molar-refractivity contribution < 1.29 is 4.74 Å². The third-order valence-electron chi connectivity index (χ3n) is 3.45. The number of rotatable bonds is 7. The van der Waals surface area contributed by atoms with Crippen LogP contribution in [0.25, 0.3) is 0 Å². The van der Waals surface area contributed by atoms with Gasteiger partial charge in [-0.05, 0) is 42.2 Å². The molecule has 0 bridgehead atoms. The summed E-state index contributed by atoms with van der Waals surface area (Å²) in [5.41, 5.74) is 5.14. The summed E-state index contributed by atoms with van der Waals surface area (Å²) < 4.78 is 6.68. The molecule has 0 aliphatic heterocycles. The summed E-state index contributed by atoms with van der Waals surface area (Å²) in [6, 6.07) is 14.9. The average molecular weight is 348 g/mol. The monoisotopic (exact) mass is 347 g/mol. The van der Waals surface area contributed by atoms with Crippen molar-refractivity contribution in [1.29, 1.82) is 0 Å². The first kappa shape index (κ1) is 16.2. The van der Waals surface area contributed by atoms with E-state index < -0.39 is 0 Å². The zero-order valence-corrected chi connectivity index (χ0v) is 14.2. The van der Waals surface area contributed by atoms with Crippen LogP contribution in [0.4, 0.5) is 0 Å². The van der Waals surface area contributed by atoms with Crippen LogP contribution in [0.2, 0.25) is 0 Å². The Balaban J connectivity index is 1.92. The summed E-state index contributed by atoms with van der Waals surface area (Å²) in [5, 5.41) is 3.51. The molecule has 2 aromatic carbocycles. The van der Waals surface area contributed by atoms with E-state index in [1.165, 1.54) is 22.3 Å². The highest BCUT2D eigenvalue weighted by molar-refractivity contribution is 9.10. The van der Waals surface area contributed by atoms with E-state index in [2.05, 4.69) is 70.6 Å². The fraction of sp³-hybridized carbons (Fsp3) is 0.333. The molecule has 2 rings (SSSR count). The third-order valence-corrected chi connectivity index (χ3v) is 4.34. The number of hydrogen-bond acceptors (Lipinski definition) is 2. The molecule has 0 aliphatic rings. The van der Waals surface area contributed by atoms with Crippen molar-refractivity contribution in [3.8, 4) is 0 Å². The maximum Gasteiger partial charge on any atom is 0.0719 e. The second-order valence-corrected chi connectivity index (χ2v) is 5.95. The van der Waals surface area contributed by atoms with Crippen molar-refractivity contribution in [3.63, 3.8) is 0 Å². The molecule has 0 unspecified atom stereocenters. The predicted molar refractivity (Wildman–Crippen MR) is 91.2 cm³/mol. The highest BCUT2D eigenvalue weighted by Gasteiger charge is 2.02. The molecule has 112 valence electrons. The van der Waals surface area contributed by atoms with Gasteiger partial charge in [0.15, 0.2) is 0 Å². The number of hydrogen-bond donors (Lipinski definition) is 1. The first-order chi connectivity index (χ1) is 10.2. The summed E-state index contributed by atoms with van der Waals surface area (Å²) in [5.74, 6) is 0. The van der Waals surface area contributed by atoms with Gasteiger partial charge in [-0.15, -0.1) is 0 Å². The van der Waals surface area contributed by atoms with Crippen molar-refractivity contribution in [2.45, 2.75) is 33.5 Å². The molecule has 0 atom stereocenters. The van der Waals surface area contributed by atoms with E-state index in [9.17, 15) is 0 Å². The predicted octanol–water partition coefficient (Wildman–Crippen LogP) is 4.58. The SMILES string of the molecule is CCOCc1ccccc1CNCc1ccc(Br)c(C)c1. The van der Waals surface area contributed by atoms with Crippen molar-refractivity contribution in [2.24, 2.45) is 0 Å². The minimum atomic E-state index is 0.686. The van der Waals surface area contributed by atoms with Gasteiger partial charge >= 0.3 is 0 Å². The van der Waals surface area contributed by atoms with Crippen molar-refractivity contribution >= 4 is 15.9 Å². The van der Waals surface area contributed by atoms with Gasteiger partial charge in [-0.2, -0.15) is 0 Å². The third kappa shape index (κ3) is 4.95. The molecule has 0 saturated heterocycles. The van der Waals surface area contributed by atoms with Gasteiger partial charge in [0.2, 0.25) is 0 Å². The van der Waals surface area contributed by atoms with Crippen molar-refractivity contribution in [2.75, 3.05) is 6.61 Å². The second kappa shape index (κ2) is 8.32. The second-order valence-electron chi connectivity index (χ2n) is 5.09. The van der Waals surface area contributed by atoms with Gasteiger partial charge < -0.3 is 10.1 Å². The Morgan fingerprint density at radius 3 is 2.52 bits per heavy atom. The number of halogens is 1. The number of benzene rings is 2. The summed E-state index contributed by atoms with van der Waals surface area (Å²) in [6.07, 6.45) is 0. The molecule has 0 aromatic heterocycles. The van der Waals surface area contributed by atoms with Crippen LogP contribution in [-0.4, -0.2) is 6.61 Å². The molecular formula is C18H22BrNO. The quantitative estimate of drug-likeness (QED) is 0.791. The minimum Gasteiger partial charge on any atom is -0.377 e. The van der Waals surface area contributed by atoms with Gasteiger partial charge in [0.05, 0.1) is 6.61 Å². The average Bonchev–Trinajstić information content (AvgIpc) is 2.50. The molecule has 0 saturated carbocycles. The number of nitrogens with one attached hydrogen (secondary N) is 1. The molecule has 0 fully saturated rings. The minimum absolute atomic E-state index is 0.686. The zero-order valence-electron chi connectivity index (χ0n) is 12.7. The number of aryl methyl sites for hydroxylation is 1. The normalized spacial score (nSPS) is 10.8. The molecule has 0 aliphatic carbocycles. The molecule has 2 nitrogen and oxygen atoms in total.